The van der Waals surface area contributed by atoms with E-state index in [9.17, 15) is 4.79 Å². The summed E-state index contributed by atoms with van der Waals surface area (Å²) in [6.07, 6.45) is 2.30. The first-order valence-electron chi connectivity index (χ1n) is 8.57. The molecular formula is C20H16Cl3NO3S2. The van der Waals surface area contributed by atoms with Crippen LogP contribution in [-0.2, 0) is 4.79 Å². The molecule has 0 aliphatic carbocycles. The number of thiocarbonyl (C=S) groups is 1. The molecule has 1 amide bonds. The van der Waals surface area contributed by atoms with E-state index in [4.69, 9.17) is 56.5 Å². The quantitative estimate of drug-likeness (QED) is 0.259. The molecular weight excluding hydrogens is 473 g/mol. The summed E-state index contributed by atoms with van der Waals surface area (Å²) in [5.74, 6) is 0.909. The van der Waals surface area contributed by atoms with Gasteiger partial charge in [-0.05, 0) is 30.3 Å². The minimum Gasteiger partial charge on any atom is -0.492 e. The summed E-state index contributed by atoms with van der Waals surface area (Å²) in [6, 6.07) is 10.6. The van der Waals surface area contributed by atoms with Gasteiger partial charge in [-0.25, -0.2) is 0 Å². The molecule has 0 saturated carbocycles. The highest BCUT2D eigenvalue weighted by atomic mass is 35.5. The first-order valence-corrected chi connectivity index (χ1v) is 10.9. The smallest absolute Gasteiger partial charge is 0.265 e. The molecule has 2 aromatic carbocycles. The number of rotatable bonds is 7. The van der Waals surface area contributed by atoms with Gasteiger partial charge in [-0.3, -0.25) is 9.69 Å². The van der Waals surface area contributed by atoms with E-state index >= 15 is 0 Å². The Kier molecular flexibility index (Phi) is 7.71. The van der Waals surface area contributed by atoms with E-state index in [1.807, 2.05) is 12.1 Å². The third-order valence-corrected chi connectivity index (χ3v) is 6.24. The zero-order chi connectivity index (χ0) is 21.0. The van der Waals surface area contributed by atoms with E-state index in [0.29, 0.717) is 61.0 Å². The maximum atomic E-state index is 12.3. The predicted molar refractivity (Wildman–Crippen MR) is 124 cm³/mol. The molecule has 2 aromatic rings. The zero-order valence-corrected chi connectivity index (χ0v) is 19.2. The Hall–Kier alpha value is -1.44. The Morgan fingerprint density at radius 3 is 2.52 bits per heavy atom. The van der Waals surface area contributed by atoms with Crippen molar-refractivity contribution in [3.8, 4) is 11.5 Å². The van der Waals surface area contributed by atoms with Crippen LogP contribution in [0.1, 0.15) is 12.0 Å². The largest absolute Gasteiger partial charge is 0.492 e. The van der Waals surface area contributed by atoms with Crippen molar-refractivity contribution < 1.29 is 14.3 Å². The summed E-state index contributed by atoms with van der Waals surface area (Å²) in [6.45, 7) is 0.792. The second-order valence-electron chi connectivity index (χ2n) is 6.03. The monoisotopic (exact) mass is 487 g/mol. The summed E-state index contributed by atoms with van der Waals surface area (Å²) in [7, 11) is 1.64. The molecule has 0 atom stereocenters. The topological polar surface area (TPSA) is 38.8 Å². The maximum absolute atomic E-state index is 12.3. The second kappa shape index (κ2) is 10.0. The van der Waals surface area contributed by atoms with E-state index in [-0.39, 0.29) is 5.91 Å². The van der Waals surface area contributed by atoms with Gasteiger partial charge in [0.05, 0.1) is 28.2 Å². The van der Waals surface area contributed by atoms with Crippen LogP contribution in [0.4, 0.5) is 0 Å². The van der Waals surface area contributed by atoms with Crippen molar-refractivity contribution in [3.63, 3.8) is 0 Å². The number of nitrogens with zero attached hydrogens (tertiary/aromatic N) is 1. The standard InChI is InChI=1S/C20H16Cl3NO3S2/c1-24-19(25)17(29-20(24)28)10-12-9-13(21)11-15(23)18(12)27-8-4-7-26-16-6-3-2-5-14(16)22/h2-3,5-6,9-11H,4,7-8H2,1H3/b17-10-. The molecule has 0 N–H and O–H groups in total. The van der Waals surface area contributed by atoms with Crippen LogP contribution in [0.2, 0.25) is 15.1 Å². The third kappa shape index (κ3) is 5.58. The van der Waals surface area contributed by atoms with Crippen LogP contribution in [0.25, 0.3) is 6.08 Å². The van der Waals surface area contributed by atoms with E-state index in [1.165, 1.54) is 16.7 Å². The summed E-state index contributed by atoms with van der Waals surface area (Å²) < 4.78 is 12.0. The number of para-hydroxylation sites is 1. The van der Waals surface area contributed by atoms with Crippen molar-refractivity contribution in [2.45, 2.75) is 6.42 Å². The molecule has 29 heavy (non-hydrogen) atoms. The summed E-state index contributed by atoms with van der Waals surface area (Å²) in [5, 5.41) is 1.37. The molecule has 0 unspecified atom stereocenters. The lowest BCUT2D eigenvalue weighted by Crippen LogP contribution is -2.22. The molecule has 4 nitrogen and oxygen atoms in total. The lowest BCUT2D eigenvalue weighted by Gasteiger charge is -2.13. The van der Waals surface area contributed by atoms with Crippen LogP contribution >= 0.6 is 58.8 Å². The maximum Gasteiger partial charge on any atom is 0.265 e. The number of hydrogen-bond donors (Lipinski definition) is 0. The molecule has 1 fully saturated rings. The van der Waals surface area contributed by atoms with Crippen molar-refractivity contribution in [2.24, 2.45) is 0 Å². The molecule has 0 bridgehead atoms. The summed E-state index contributed by atoms with van der Waals surface area (Å²) in [5.41, 5.74) is 0.614. The lowest BCUT2D eigenvalue weighted by molar-refractivity contribution is -0.121. The van der Waals surface area contributed by atoms with Gasteiger partial charge in [0.15, 0.2) is 0 Å². The van der Waals surface area contributed by atoms with Crippen LogP contribution < -0.4 is 9.47 Å². The van der Waals surface area contributed by atoms with Crippen molar-refractivity contribution in [3.05, 3.63) is 61.9 Å². The van der Waals surface area contributed by atoms with Gasteiger partial charge in [-0.15, -0.1) is 0 Å². The molecule has 1 aliphatic rings. The van der Waals surface area contributed by atoms with Gasteiger partial charge in [-0.1, -0.05) is 70.9 Å². The fraction of sp³-hybridized carbons (Fsp3) is 0.200. The highest BCUT2D eigenvalue weighted by Crippen LogP contribution is 2.37. The predicted octanol–water partition coefficient (Wildman–Crippen LogP) is 6.33. The van der Waals surface area contributed by atoms with Crippen LogP contribution in [0.15, 0.2) is 41.3 Å². The van der Waals surface area contributed by atoms with Crippen molar-refractivity contribution in [1.82, 2.24) is 4.90 Å². The van der Waals surface area contributed by atoms with E-state index in [0.717, 1.165) is 0 Å². The number of amides is 1. The first-order chi connectivity index (χ1) is 13.9. The number of thioether (sulfide) groups is 1. The number of likely N-dealkylation sites (N-methyl/N-ethyl adjacent to an activating group) is 1. The molecule has 1 heterocycles. The van der Waals surface area contributed by atoms with Crippen LogP contribution in [0.3, 0.4) is 0 Å². The van der Waals surface area contributed by atoms with Gasteiger partial charge in [0.25, 0.3) is 5.91 Å². The molecule has 1 saturated heterocycles. The average molecular weight is 489 g/mol. The van der Waals surface area contributed by atoms with Gasteiger partial charge < -0.3 is 9.47 Å². The highest BCUT2D eigenvalue weighted by Gasteiger charge is 2.29. The van der Waals surface area contributed by atoms with Gasteiger partial charge in [0, 0.05) is 24.1 Å². The minimum atomic E-state index is -0.171. The fourth-order valence-corrected chi connectivity index (χ4v) is 4.43. The first kappa shape index (κ1) is 22.2. The van der Waals surface area contributed by atoms with Gasteiger partial charge in [0.1, 0.15) is 15.8 Å². The molecule has 0 aromatic heterocycles. The zero-order valence-electron chi connectivity index (χ0n) is 15.3. The van der Waals surface area contributed by atoms with Gasteiger partial charge in [0.2, 0.25) is 0 Å². The Balaban J connectivity index is 1.67. The number of ether oxygens (including phenoxy) is 2. The van der Waals surface area contributed by atoms with Crippen LogP contribution in [-0.4, -0.2) is 35.4 Å². The molecule has 3 rings (SSSR count). The number of hydrogen-bond acceptors (Lipinski definition) is 5. The number of halogens is 3. The van der Waals surface area contributed by atoms with Crippen molar-refractivity contribution >= 4 is 75.1 Å². The molecule has 0 radical (unpaired) electrons. The Labute approximate surface area is 193 Å². The minimum absolute atomic E-state index is 0.171. The van der Waals surface area contributed by atoms with Crippen molar-refractivity contribution in [1.29, 1.82) is 0 Å². The van der Waals surface area contributed by atoms with Gasteiger partial charge in [-0.2, -0.15) is 0 Å². The Morgan fingerprint density at radius 1 is 1.10 bits per heavy atom. The lowest BCUT2D eigenvalue weighted by atomic mass is 10.1. The SMILES string of the molecule is CN1C(=O)/C(=C/c2cc(Cl)cc(Cl)c2OCCCOc2ccccc2Cl)SC1=S. The van der Waals surface area contributed by atoms with E-state index in [2.05, 4.69) is 0 Å². The normalized spacial score (nSPS) is 15.3. The highest BCUT2D eigenvalue weighted by molar-refractivity contribution is 8.26. The Bertz CT molecular complexity index is 981. The molecule has 0 spiro atoms. The number of benzene rings is 2. The van der Waals surface area contributed by atoms with E-state index < -0.39 is 0 Å². The summed E-state index contributed by atoms with van der Waals surface area (Å²) in [4.78, 5) is 14.2. The third-order valence-electron chi connectivity index (χ3n) is 3.94. The number of carbonyl (C=O) groups excluding carboxylic acids is 1. The number of carbonyl (C=O) groups is 1. The second-order valence-corrected chi connectivity index (χ2v) is 8.95. The molecule has 152 valence electrons. The fourth-order valence-electron chi connectivity index (χ4n) is 2.50. The van der Waals surface area contributed by atoms with Crippen molar-refractivity contribution in [2.75, 3.05) is 20.3 Å². The van der Waals surface area contributed by atoms with Crippen LogP contribution in [0, 0.1) is 0 Å². The van der Waals surface area contributed by atoms with Gasteiger partial charge >= 0.3 is 0 Å². The Morgan fingerprint density at radius 2 is 1.83 bits per heavy atom. The molecule has 1 aliphatic heterocycles. The van der Waals surface area contributed by atoms with E-state index in [1.54, 1.807) is 37.4 Å². The van der Waals surface area contributed by atoms with Crippen LogP contribution in [0.5, 0.6) is 11.5 Å². The molecule has 9 heteroatoms. The summed E-state index contributed by atoms with van der Waals surface area (Å²) >= 11 is 24.9. The average Bonchev–Trinajstić information content (AvgIpc) is 2.91.